The van der Waals surface area contributed by atoms with Gasteiger partial charge in [-0.2, -0.15) is 0 Å². The van der Waals surface area contributed by atoms with Crippen LogP contribution in [0.5, 0.6) is 5.75 Å². The third-order valence-corrected chi connectivity index (χ3v) is 4.48. The molecular weight excluding hydrogens is 306 g/mol. The fourth-order valence-corrected chi connectivity index (χ4v) is 3.18. The lowest BCUT2D eigenvalue weighted by molar-refractivity contribution is 0.0253. The number of nitrogens with zero attached hydrogens (tertiary/aromatic N) is 1. The standard InChI is InChI=1S/C19H29NO4/c1-19(2,3)24-18(22)20-11-9-15(13-21)17(10-12-20)14-5-7-16(23-4)8-6-14/h5-8,15,17,21H,9-13H2,1-4H3/t15-,17-/m0/s1. The molecular formula is C19H29NO4. The topological polar surface area (TPSA) is 59.0 Å². The molecule has 1 fully saturated rings. The molecule has 0 aromatic heterocycles. The highest BCUT2D eigenvalue weighted by atomic mass is 16.6. The Balaban J connectivity index is 2.09. The van der Waals surface area contributed by atoms with E-state index in [0.717, 1.165) is 18.6 Å². The van der Waals surface area contributed by atoms with E-state index in [1.165, 1.54) is 5.56 Å². The molecule has 0 unspecified atom stereocenters. The first-order valence-corrected chi connectivity index (χ1v) is 8.57. The molecule has 1 aromatic carbocycles. The molecule has 5 nitrogen and oxygen atoms in total. The van der Waals surface area contributed by atoms with E-state index >= 15 is 0 Å². The Morgan fingerprint density at radius 1 is 1.21 bits per heavy atom. The van der Waals surface area contributed by atoms with E-state index in [1.807, 2.05) is 32.9 Å². The third kappa shape index (κ3) is 4.87. The maximum Gasteiger partial charge on any atom is 0.410 e. The van der Waals surface area contributed by atoms with Crippen LogP contribution in [-0.2, 0) is 4.74 Å². The number of hydrogen-bond acceptors (Lipinski definition) is 4. The minimum Gasteiger partial charge on any atom is -0.497 e. The Hall–Kier alpha value is -1.75. The predicted molar refractivity (Wildman–Crippen MR) is 93.4 cm³/mol. The van der Waals surface area contributed by atoms with Gasteiger partial charge in [0.15, 0.2) is 0 Å². The molecule has 134 valence electrons. The van der Waals surface area contributed by atoms with E-state index in [9.17, 15) is 9.90 Å². The van der Waals surface area contributed by atoms with E-state index in [4.69, 9.17) is 9.47 Å². The highest BCUT2D eigenvalue weighted by molar-refractivity contribution is 5.68. The van der Waals surface area contributed by atoms with Gasteiger partial charge in [0.25, 0.3) is 0 Å². The highest BCUT2D eigenvalue weighted by Crippen LogP contribution is 2.34. The normalized spacial score (nSPS) is 22.0. The van der Waals surface area contributed by atoms with E-state index < -0.39 is 5.60 Å². The van der Waals surface area contributed by atoms with Crippen LogP contribution < -0.4 is 4.74 Å². The second-order valence-corrected chi connectivity index (χ2v) is 7.37. The summed E-state index contributed by atoms with van der Waals surface area (Å²) in [5.74, 6) is 1.20. The smallest absolute Gasteiger partial charge is 0.410 e. The molecule has 2 atom stereocenters. The average molecular weight is 335 g/mol. The summed E-state index contributed by atoms with van der Waals surface area (Å²) < 4.78 is 10.7. The first kappa shape index (κ1) is 18.6. The summed E-state index contributed by atoms with van der Waals surface area (Å²) >= 11 is 0. The molecule has 5 heteroatoms. The third-order valence-electron chi connectivity index (χ3n) is 4.48. The zero-order valence-corrected chi connectivity index (χ0v) is 15.1. The lowest BCUT2D eigenvalue weighted by Crippen LogP contribution is -2.37. The van der Waals surface area contributed by atoms with Crippen LogP contribution in [0, 0.1) is 5.92 Å². The van der Waals surface area contributed by atoms with Gasteiger partial charge in [0.05, 0.1) is 7.11 Å². The minimum atomic E-state index is -0.491. The molecule has 1 aromatic rings. The van der Waals surface area contributed by atoms with Gasteiger partial charge in [0.1, 0.15) is 11.4 Å². The molecule has 0 saturated carbocycles. The summed E-state index contributed by atoms with van der Waals surface area (Å²) in [6, 6.07) is 7.99. The van der Waals surface area contributed by atoms with Crippen molar-refractivity contribution in [1.29, 1.82) is 0 Å². The molecule has 1 aliphatic heterocycles. The van der Waals surface area contributed by atoms with Gasteiger partial charge in [-0.1, -0.05) is 12.1 Å². The number of carbonyl (C=O) groups excluding carboxylic acids is 1. The van der Waals surface area contributed by atoms with Gasteiger partial charge >= 0.3 is 6.09 Å². The number of carbonyl (C=O) groups is 1. The van der Waals surface area contributed by atoms with Crippen molar-refractivity contribution in [3.63, 3.8) is 0 Å². The molecule has 1 heterocycles. The molecule has 0 radical (unpaired) electrons. The van der Waals surface area contributed by atoms with Gasteiger partial charge in [-0.15, -0.1) is 0 Å². The summed E-state index contributed by atoms with van der Waals surface area (Å²) in [5.41, 5.74) is 0.690. The average Bonchev–Trinajstić information content (AvgIpc) is 2.75. The van der Waals surface area contributed by atoms with Gasteiger partial charge in [-0.3, -0.25) is 0 Å². The van der Waals surface area contributed by atoms with Crippen molar-refractivity contribution in [2.75, 3.05) is 26.8 Å². The summed E-state index contributed by atoms with van der Waals surface area (Å²) in [5, 5.41) is 9.80. The monoisotopic (exact) mass is 335 g/mol. The van der Waals surface area contributed by atoms with Gasteiger partial charge < -0.3 is 19.5 Å². The van der Waals surface area contributed by atoms with Crippen molar-refractivity contribution >= 4 is 6.09 Å². The molecule has 24 heavy (non-hydrogen) atoms. The van der Waals surface area contributed by atoms with Crippen molar-refractivity contribution < 1.29 is 19.4 Å². The van der Waals surface area contributed by atoms with Crippen molar-refractivity contribution in [2.45, 2.75) is 45.1 Å². The maximum atomic E-state index is 12.3. The molecule has 0 bridgehead atoms. The van der Waals surface area contributed by atoms with Crippen molar-refractivity contribution in [3.05, 3.63) is 29.8 Å². The quantitative estimate of drug-likeness (QED) is 0.919. The SMILES string of the molecule is COc1ccc([C@@H]2CCN(C(=O)OC(C)(C)C)CC[C@H]2CO)cc1. The number of aliphatic hydroxyl groups is 1. The van der Waals surface area contributed by atoms with Crippen molar-refractivity contribution in [2.24, 2.45) is 5.92 Å². The number of rotatable bonds is 3. The Kier molecular flexibility index (Phi) is 6.10. The molecule has 1 amide bonds. The summed E-state index contributed by atoms with van der Waals surface area (Å²) in [7, 11) is 1.65. The molecule has 0 spiro atoms. The number of aliphatic hydroxyl groups excluding tert-OH is 1. The van der Waals surface area contributed by atoms with Crippen LogP contribution in [0.15, 0.2) is 24.3 Å². The van der Waals surface area contributed by atoms with Gasteiger partial charge in [0, 0.05) is 19.7 Å². The summed E-state index contributed by atoms with van der Waals surface area (Å²) in [6.07, 6.45) is 1.32. The second kappa shape index (κ2) is 7.88. The molecule has 2 rings (SSSR count). The maximum absolute atomic E-state index is 12.3. The van der Waals surface area contributed by atoms with Gasteiger partial charge in [0.2, 0.25) is 0 Å². The number of amides is 1. The minimum absolute atomic E-state index is 0.124. The van der Waals surface area contributed by atoms with E-state index in [-0.39, 0.29) is 24.5 Å². The van der Waals surface area contributed by atoms with Crippen LogP contribution in [0.4, 0.5) is 4.79 Å². The molecule has 1 saturated heterocycles. The first-order chi connectivity index (χ1) is 11.3. The van der Waals surface area contributed by atoms with Crippen molar-refractivity contribution in [3.8, 4) is 5.75 Å². The van der Waals surface area contributed by atoms with E-state index in [2.05, 4.69) is 12.1 Å². The number of hydrogen-bond donors (Lipinski definition) is 1. The lowest BCUT2D eigenvalue weighted by Gasteiger charge is -2.26. The van der Waals surface area contributed by atoms with E-state index in [0.29, 0.717) is 13.1 Å². The fraction of sp³-hybridized carbons (Fsp3) is 0.632. The highest BCUT2D eigenvalue weighted by Gasteiger charge is 2.30. The zero-order chi connectivity index (χ0) is 17.7. The Bertz CT molecular complexity index is 535. The summed E-state index contributed by atoms with van der Waals surface area (Å²) in [6.45, 7) is 7.01. The second-order valence-electron chi connectivity index (χ2n) is 7.37. The Morgan fingerprint density at radius 2 is 1.83 bits per heavy atom. The van der Waals surface area contributed by atoms with E-state index in [1.54, 1.807) is 12.0 Å². The Labute approximate surface area is 144 Å². The first-order valence-electron chi connectivity index (χ1n) is 8.57. The Morgan fingerprint density at radius 3 is 2.38 bits per heavy atom. The van der Waals surface area contributed by atoms with Crippen LogP contribution in [0.3, 0.4) is 0 Å². The van der Waals surface area contributed by atoms with Gasteiger partial charge in [-0.25, -0.2) is 4.79 Å². The lowest BCUT2D eigenvalue weighted by atomic mass is 9.83. The van der Waals surface area contributed by atoms with Crippen LogP contribution in [0.2, 0.25) is 0 Å². The van der Waals surface area contributed by atoms with Crippen LogP contribution in [0.1, 0.15) is 45.1 Å². The van der Waals surface area contributed by atoms with Crippen LogP contribution in [-0.4, -0.2) is 48.5 Å². The molecule has 1 aliphatic rings. The molecule has 1 N–H and O–H groups in total. The van der Waals surface area contributed by atoms with Crippen LogP contribution >= 0.6 is 0 Å². The fourth-order valence-electron chi connectivity index (χ4n) is 3.18. The van der Waals surface area contributed by atoms with Gasteiger partial charge in [-0.05, 0) is 63.1 Å². The summed E-state index contributed by atoms with van der Waals surface area (Å²) in [4.78, 5) is 14.1. The largest absolute Gasteiger partial charge is 0.497 e. The van der Waals surface area contributed by atoms with Crippen molar-refractivity contribution in [1.82, 2.24) is 4.90 Å². The number of ether oxygens (including phenoxy) is 2. The number of methoxy groups -OCH3 is 1. The van der Waals surface area contributed by atoms with Crippen LogP contribution in [0.25, 0.3) is 0 Å². The number of likely N-dealkylation sites (tertiary alicyclic amines) is 1. The number of benzene rings is 1. The molecule has 0 aliphatic carbocycles. The predicted octanol–water partition coefficient (Wildman–Crippen LogP) is 3.42. The zero-order valence-electron chi connectivity index (χ0n) is 15.1.